The van der Waals surface area contributed by atoms with E-state index in [9.17, 15) is 4.79 Å². The predicted molar refractivity (Wildman–Crippen MR) is 81.8 cm³/mol. The number of hydrogen-bond donors (Lipinski definition) is 2. The number of nitrogens with two attached hydrogens (primary N) is 1. The van der Waals surface area contributed by atoms with E-state index in [1.165, 1.54) is 0 Å². The molecule has 1 amide bonds. The molecule has 0 unspecified atom stereocenters. The second kappa shape index (κ2) is 6.16. The lowest BCUT2D eigenvalue weighted by molar-refractivity contribution is -0.144. The van der Waals surface area contributed by atoms with Crippen molar-refractivity contribution in [1.82, 2.24) is 4.90 Å². The number of carbonyl (C=O) groups excluding carboxylic acids is 1. The smallest absolute Gasteiger partial charge is 0.237 e. The molecule has 5 nitrogen and oxygen atoms in total. The van der Waals surface area contributed by atoms with Crippen molar-refractivity contribution in [2.45, 2.75) is 45.7 Å². The quantitative estimate of drug-likeness (QED) is 0.378. The first kappa shape index (κ1) is 15.4. The van der Waals surface area contributed by atoms with E-state index in [0.717, 1.165) is 12.0 Å². The van der Waals surface area contributed by atoms with Crippen molar-refractivity contribution in [3.05, 3.63) is 35.9 Å². The normalized spacial score (nSPS) is 17.4. The molecular weight excluding hydrogens is 266 g/mol. The molecule has 21 heavy (non-hydrogen) atoms. The molecule has 0 radical (unpaired) electrons. The molecule has 0 bridgehead atoms. The summed E-state index contributed by atoms with van der Waals surface area (Å²) in [5.74, 6) is 0.000338. The zero-order valence-electron chi connectivity index (χ0n) is 12.6. The molecule has 0 aromatic heterocycles. The largest absolute Gasteiger partial charge is 0.409 e. The fourth-order valence-electron chi connectivity index (χ4n) is 2.75. The third kappa shape index (κ3) is 2.86. The lowest BCUT2D eigenvalue weighted by Crippen LogP contribution is -2.56. The molecule has 0 aliphatic heterocycles. The van der Waals surface area contributed by atoms with Crippen LogP contribution in [0.3, 0.4) is 0 Å². The van der Waals surface area contributed by atoms with E-state index in [4.69, 9.17) is 10.9 Å². The molecule has 1 aliphatic carbocycles. The van der Waals surface area contributed by atoms with Crippen molar-refractivity contribution < 1.29 is 10.0 Å². The van der Waals surface area contributed by atoms with Crippen LogP contribution in [0, 0.1) is 5.41 Å². The maximum atomic E-state index is 12.9. The highest BCUT2D eigenvalue weighted by Gasteiger charge is 2.50. The number of oxime groups is 1. The minimum Gasteiger partial charge on any atom is -0.409 e. The van der Waals surface area contributed by atoms with Gasteiger partial charge in [0.2, 0.25) is 5.91 Å². The maximum absolute atomic E-state index is 12.9. The molecule has 1 aromatic carbocycles. The Kier molecular flexibility index (Phi) is 4.50. The number of rotatable bonds is 5. The van der Waals surface area contributed by atoms with Gasteiger partial charge >= 0.3 is 0 Å². The number of benzene rings is 1. The summed E-state index contributed by atoms with van der Waals surface area (Å²) in [5, 5.41) is 12.1. The molecule has 0 spiro atoms. The highest BCUT2D eigenvalue weighted by atomic mass is 16.4. The van der Waals surface area contributed by atoms with Gasteiger partial charge in [-0.1, -0.05) is 41.9 Å². The SMILES string of the molecule is CC(C)N(Cc1ccccc1)C(=O)C1(/C(N)=N/O)CCC1. The summed E-state index contributed by atoms with van der Waals surface area (Å²) < 4.78 is 0. The van der Waals surface area contributed by atoms with Gasteiger partial charge in [0, 0.05) is 12.6 Å². The number of hydrogen-bond acceptors (Lipinski definition) is 3. The summed E-state index contributed by atoms with van der Waals surface area (Å²) in [6.45, 7) is 4.51. The molecule has 1 fully saturated rings. The van der Waals surface area contributed by atoms with Gasteiger partial charge in [-0.05, 0) is 32.3 Å². The van der Waals surface area contributed by atoms with Crippen LogP contribution in [0.1, 0.15) is 38.7 Å². The molecule has 5 heteroatoms. The molecule has 0 atom stereocenters. The number of amidine groups is 1. The number of amides is 1. The fourth-order valence-corrected chi connectivity index (χ4v) is 2.75. The molecular formula is C16H23N3O2. The molecule has 3 N–H and O–H groups in total. The van der Waals surface area contributed by atoms with E-state index in [0.29, 0.717) is 19.4 Å². The molecule has 1 saturated carbocycles. The second-order valence-corrected chi connectivity index (χ2v) is 5.93. The van der Waals surface area contributed by atoms with Gasteiger partial charge in [0.1, 0.15) is 5.41 Å². The van der Waals surface area contributed by atoms with Crippen LogP contribution in [0.4, 0.5) is 0 Å². The Balaban J connectivity index is 2.24. The van der Waals surface area contributed by atoms with Crippen LogP contribution in [0.25, 0.3) is 0 Å². The van der Waals surface area contributed by atoms with Crippen LogP contribution in [0.15, 0.2) is 35.5 Å². The van der Waals surface area contributed by atoms with Gasteiger partial charge in [0.25, 0.3) is 0 Å². The van der Waals surface area contributed by atoms with E-state index in [-0.39, 0.29) is 17.8 Å². The highest BCUT2D eigenvalue weighted by molar-refractivity contribution is 6.07. The first-order chi connectivity index (χ1) is 10.0. The highest BCUT2D eigenvalue weighted by Crippen LogP contribution is 2.43. The van der Waals surface area contributed by atoms with Crippen molar-refractivity contribution in [3.63, 3.8) is 0 Å². The van der Waals surface area contributed by atoms with E-state index < -0.39 is 5.41 Å². The zero-order valence-corrected chi connectivity index (χ0v) is 12.6. The molecule has 0 heterocycles. The third-order valence-electron chi connectivity index (χ3n) is 4.29. The van der Waals surface area contributed by atoms with Crippen LogP contribution in [-0.4, -0.2) is 27.9 Å². The molecule has 2 rings (SSSR count). The molecule has 114 valence electrons. The van der Waals surface area contributed by atoms with Gasteiger partial charge in [0.05, 0.1) is 0 Å². The minimum atomic E-state index is -0.812. The summed E-state index contributed by atoms with van der Waals surface area (Å²) in [7, 11) is 0. The Morgan fingerprint density at radius 3 is 2.43 bits per heavy atom. The second-order valence-electron chi connectivity index (χ2n) is 5.93. The van der Waals surface area contributed by atoms with Crippen molar-refractivity contribution in [2.24, 2.45) is 16.3 Å². The summed E-state index contributed by atoms with van der Waals surface area (Å²) >= 11 is 0. The molecule has 1 aromatic rings. The first-order valence-electron chi connectivity index (χ1n) is 7.34. The fraction of sp³-hybridized carbons (Fsp3) is 0.500. The molecule has 0 saturated heterocycles. The number of nitrogens with zero attached hydrogens (tertiary/aromatic N) is 2. The van der Waals surface area contributed by atoms with Crippen molar-refractivity contribution >= 4 is 11.7 Å². The van der Waals surface area contributed by atoms with E-state index in [2.05, 4.69) is 5.16 Å². The Morgan fingerprint density at radius 2 is 2.00 bits per heavy atom. The maximum Gasteiger partial charge on any atom is 0.237 e. The van der Waals surface area contributed by atoms with Crippen LogP contribution in [0.2, 0.25) is 0 Å². The summed E-state index contributed by atoms with van der Waals surface area (Å²) in [4.78, 5) is 14.8. The molecule has 1 aliphatic rings. The van der Waals surface area contributed by atoms with Crippen LogP contribution >= 0.6 is 0 Å². The predicted octanol–water partition coefficient (Wildman–Crippen LogP) is 2.34. The topological polar surface area (TPSA) is 78.9 Å². The lowest BCUT2D eigenvalue weighted by Gasteiger charge is -2.43. The Morgan fingerprint density at radius 1 is 1.38 bits per heavy atom. The van der Waals surface area contributed by atoms with Gasteiger partial charge in [-0.2, -0.15) is 0 Å². The standard InChI is InChI=1S/C16H23N3O2/c1-12(2)19(11-13-7-4-3-5-8-13)15(20)16(9-6-10-16)14(17)18-21/h3-5,7-8,12,21H,6,9-11H2,1-2H3,(H2,17,18). The van der Waals surface area contributed by atoms with E-state index in [1.54, 1.807) is 0 Å². The van der Waals surface area contributed by atoms with Gasteiger partial charge < -0.3 is 15.8 Å². The zero-order chi connectivity index (χ0) is 15.5. The lowest BCUT2D eigenvalue weighted by atomic mass is 9.66. The van der Waals surface area contributed by atoms with Crippen molar-refractivity contribution in [3.8, 4) is 0 Å². The van der Waals surface area contributed by atoms with Crippen molar-refractivity contribution in [2.75, 3.05) is 0 Å². The Hall–Kier alpha value is -2.04. The van der Waals surface area contributed by atoms with Gasteiger partial charge in [0.15, 0.2) is 5.84 Å². The Bertz CT molecular complexity index is 522. The van der Waals surface area contributed by atoms with Crippen LogP contribution in [-0.2, 0) is 11.3 Å². The first-order valence-corrected chi connectivity index (χ1v) is 7.34. The average molecular weight is 289 g/mol. The monoisotopic (exact) mass is 289 g/mol. The number of carbonyl (C=O) groups is 1. The Labute approximate surface area is 125 Å². The van der Waals surface area contributed by atoms with Crippen LogP contribution < -0.4 is 5.73 Å². The third-order valence-corrected chi connectivity index (χ3v) is 4.29. The summed E-state index contributed by atoms with van der Waals surface area (Å²) in [5.41, 5.74) is 6.06. The van der Waals surface area contributed by atoms with Gasteiger partial charge in [-0.15, -0.1) is 0 Å². The van der Waals surface area contributed by atoms with Crippen LogP contribution in [0.5, 0.6) is 0 Å². The minimum absolute atomic E-state index is 0.0390. The van der Waals surface area contributed by atoms with Gasteiger partial charge in [-0.3, -0.25) is 4.79 Å². The van der Waals surface area contributed by atoms with E-state index in [1.807, 2.05) is 49.1 Å². The van der Waals surface area contributed by atoms with Gasteiger partial charge in [-0.25, -0.2) is 0 Å². The summed E-state index contributed by atoms with van der Waals surface area (Å²) in [6.07, 6.45) is 2.23. The summed E-state index contributed by atoms with van der Waals surface area (Å²) in [6, 6.07) is 9.93. The van der Waals surface area contributed by atoms with Crippen molar-refractivity contribution in [1.29, 1.82) is 0 Å². The average Bonchev–Trinajstić information content (AvgIpc) is 2.43. The van der Waals surface area contributed by atoms with E-state index >= 15 is 0 Å².